The highest BCUT2D eigenvalue weighted by Gasteiger charge is 2.45. The molecule has 1 aliphatic rings. The van der Waals surface area contributed by atoms with Crippen molar-refractivity contribution in [3.05, 3.63) is 28.8 Å². The van der Waals surface area contributed by atoms with Gasteiger partial charge in [-0.15, -0.1) is 0 Å². The summed E-state index contributed by atoms with van der Waals surface area (Å²) in [6.45, 7) is 5.12. The van der Waals surface area contributed by atoms with Crippen LogP contribution in [0.5, 0.6) is 5.75 Å². The molecular formula is C15H20O4. The molecule has 0 amide bonds. The summed E-state index contributed by atoms with van der Waals surface area (Å²) < 4.78 is 15.7. The number of methoxy groups -OCH3 is 2. The maximum atomic E-state index is 11.6. The van der Waals surface area contributed by atoms with Gasteiger partial charge in [0.25, 0.3) is 0 Å². The highest BCUT2D eigenvalue weighted by atomic mass is 16.5. The number of aryl methyl sites for hydroxylation is 2. The second kappa shape index (κ2) is 5.21. The Kier molecular flexibility index (Phi) is 3.80. The summed E-state index contributed by atoms with van der Waals surface area (Å²) in [5.74, 6) is 0.627. The van der Waals surface area contributed by atoms with Crippen molar-refractivity contribution in [2.24, 2.45) is 0 Å². The average Bonchev–Trinajstić information content (AvgIpc) is 2.32. The first-order valence-electron chi connectivity index (χ1n) is 6.33. The van der Waals surface area contributed by atoms with E-state index >= 15 is 0 Å². The lowest BCUT2D eigenvalue weighted by Gasteiger charge is -2.42. The molecule has 1 fully saturated rings. The van der Waals surface area contributed by atoms with Gasteiger partial charge in [0, 0.05) is 5.56 Å². The van der Waals surface area contributed by atoms with Crippen LogP contribution in [0.2, 0.25) is 0 Å². The summed E-state index contributed by atoms with van der Waals surface area (Å²) in [5.41, 5.74) is 2.97. The monoisotopic (exact) mass is 264 g/mol. The van der Waals surface area contributed by atoms with Crippen molar-refractivity contribution in [2.45, 2.75) is 25.7 Å². The number of carbonyl (C=O) groups is 1. The van der Waals surface area contributed by atoms with Crippen molar-refractivity contribution < 1.29 is 19.0 Å². The Morgan fingerprint density at radius 1 is 1.32 bits per heavy atom. The summed E-state index contributed by atoms with van der Waals surface area (Å²) >= 11 is 0. The van der Waals surface area contributed by atoms with Gasteiger partial charge in [0.1, 0.15) is 5.75 Å². The van der Waals surface area contributed by atoms with E-state index in [9.17, 15) is 4.79 Å². The van der Waals surface area contributed by atoms with Gasteiger partial charge in [-0.2, -0.15) is 0 Å². The zero-order chi connectivity index (χ0) is 14.0. The molecule has 1 aromatic rings. The molecule has 4 heteroatoms. The van der Waals surface area contributed by atoms with Crippen LogP contribution < -0.4 is 4.74 Å². The molecule has 1 aliphatic heterocycles. The van der Waals surface area contributed by atoms with Crippen LogP contribution in [-0.4, -0.2) is 33.4 Å². The van der Waals surface area contributed by atoms with Gasteiger partial charge in [-0.1, -0.05) is 17.7 Å². The van der Waals surface area contributed by atoms with Crippen LogP contribution in [0.25, 0.3) is 0 Å². The van der Waals surface area contributed by atoms with Crippen molar-refractivity contribution in [1.82, 2.24) is 0 Å². The van der Waals surface area contributed by atoms with Crippen molar-refractivity contribution in [1.29, 1.82) is 0 Å². The Bertz CT molecular complexity index is 489. The normalized spacial score (nSPS) is 16.6. The van der Waals surface area contributed by atoms with E-state index in [1.165, 1.54) is 7.11 Å². The molecule has 4 nitrogen and oxygen atoms in total. The lowest BCUT2D eigenvalue weighted by molar-refractivity contribution is -0.148. The molecule has 0 spiro atoms. The fourth-order valence-electron chi connectivity index (χ4n) is 2.67. The van der Waals surface area contributed by atoms with E-state index in [0.29, 0.717) is 19.6 Å². The third kappa shape index (κ3) is 2.45. The van der Waals surface area contributed by atoms with E-state index in [4.69, 9.17) is 14.2 Å². The fourth-order valence-corrected chi connectivity index (χ4v) is 2.67. The summed E-state index contributed by atoms with van der Waals surface area (Å²) in [7, 11) is 3.07. The summed E-state index contributed by atoms with van der Waals surface area (Å²) in [6.07, 6.45) is 0.322. The first kappa shape index (κ1) is 13.9. The quantitative estimate of drug-likeness (QED) is 0.782. The van der Waals surface area contributed by atoms with E-state index in [-0.39, 0.29) is 11.4 Å². The average molecular weight is 264 g/mol. The molecule has 19 heavy (non-hydrogen) atoms. The summed E-state index contributed by atoms with van der Waals surface area (Å²) in [4.78, 5) is 11.6. The lowest BCUT2D eigenvalue weighted by atomic mass is 9.74. The zero-order valence-electron chi connectivity index (χ0n) is 11.9. The van der Waals surface area contributed by atoms with Gasteiger partial charge < -0.3 is 14.2 Å². The number of esters is 1. The molecule has 0 radical (unpaired) electrons. The second-order valence-electron chi connectivity index (χ2n) is 5.19. The summed E-state index contributed by atoms with van der Waals surface area (Å²) in [5, 5.41) is 0. The molecule has 2 rings (SSSR count). The van der Waals surface area contributed by atoms with E-state index in [1.807, 2.05) is 13.8 Å². The van der Waals surface area contributed by atoms with Gasteiger partial charge >= 0.3 is 5.97 Å². The molecule has 0 N–H and O–H groups in total. The van der Waals surface area contributed by atoms with Crippen molar-refractivity contribution in [2.75, 3.05) is 27.4 Å². The molecule has 0 unspecified atom stereocenters. The highest BCUT2D eigenvalue weighted by molar-refractivity contribution is 5.72. The first-order chi connectivity index (χ1) is 9.02. The molecule has 0 saturated carbocycles. The number of rotatable bonds is 4. The Morgan fingerprint density at radius 3 is 2.47 bits per heavy atom. The molecule has 1 saturated heterocycles. The van der Waals surface area contributed by atoms with E-state index < -0.39 is 0 Å². The molecule has 0 atom stereocenters. The fraction of sp³-hybridized carbons (Fsp3) is 0.533. The van der Waals surface area contributed by atoms with Crippen LogP contribution in [0.4, 0.5) is 0 Å². The van der Waals surface area contributed by atoms with Crippen molar-refractivity contribution >= 4 is 5.97 Å². The molecule has 0 aliphatic carbocycles. The zero-order valence-corrected chi connectivity index (χ0v) is 11.9. The highest BCUT2D eigenvalue weighted by Crippen LogP contribution is 2.42. The van der Waals surface area contributed by atoms with Crippen LogP contribution in [0.15, 0.2) is 12.1 Å². The van der Waals surface area contributed by atoms with E-state index in [2.05, 4.69) is 12.1 Å². The summed E-state index contributed by atoms with van der Waals surface area (Å²) in [6, 6.07) is 4.16. The Labute approximate surface area is 113 Å². The Hall–Kier alpha value is -1.55. The van der Waals surface area contributed by atoms with Crippen molar-refractivity contribution in [3.63, 3.8) is 0 Å². The molecule has 0 bridgehead atoms. The Morgan fingerprint density at radius 2 is 2.00 bits per heavy atom. The predicted octanol–water partition coefficient (Wildman–Crippen LogP) is 2.14. The van der Waals surface area contributed by atoms with Gasteiger partial charge in [-0.25, -0.2) is 0 Å². The maximum Gasteiger partial charge on any atom is 0.306 e. The van der Waals surface area contributed by atoms with Gasteiger partial charge in [0.2, 0.25) is 0 Å². The largest absolute Gasteiger partial charge is 0.496 e. The minimum absolute atomic E-state index is 0.218. The minimum atomic E-state index is -0.310. The standard InChI is InChI=1S/C15H20O4/c1-10-5-11(2)14(18-4)12(6-10)15(8-19-9-15)7-13(16)17-3/h5-6H,7-9H2,1-4H3. The van der Waals surface area contributed by atoms with Crippen LogP contribution >= 0.6 is 0 Å². The SMILES string of the molecule is COC(=O)CC1(c2cc(C)cc(C)c2OC)COC1. The number of carbonyl (C=O) groups excluding carboxylic acids is 1. The number of hydrogen-bond acceptors (Lipinski definition) is 4. The molecule has 1 heterocycles. The van der Waals surface area contributed by atoms with Gasteiger partial charge in [-0.05, 0) is 19.4 Å². The van der Waals surface area contributed by atoms with Crippen LogP contribution in [0, 0.1) is 13.8 Å². The van der Waals surface area contributed by atoms with E-state index in [0.717, 1.165) is 22.4 Å². The van der Waals surface area contributed by atoms with Crippen molar-refractivity contribution in [3.8, 4) is 5.75 Å². The molecule has 1 aromatic carbocycles. The maximum absolute atomic E-state index is 11.6. The van der Waals surface area contributed by atoms with Crippen LogP contribution in [0.1, 0.15) is 23.1 Å². The number of benzene rings is 1. The predicted molar refractivity (Wildman–Crippen MR) is 71.6 cm³/mol. The molecular weight excluding hydrogens is 244 g/mol. The Balaban J connectivity index is 2.46. The van der Waals surface area contributed by atoms with Gasteiger partial charge in [0.05, 0.1) is 39.3 Å². The smallest absolute Gasteiger partial charge is 0.306 e. The lowest BCUT2D eigenvalue weighted by Crippen LogP contribution is -2.48. The molecule has 0 aromatic heterocycles. The van der Waals surface area contributed by atoms with Crippen LogP contribution in [-0.2, 0) is 19.7 Å². The number of hydrogen-bond donors (Lipinski definition) is 0. The van der Waals surface area contributed by atoms with Gasteiger partial charge in [-0.3, -0.25) is 4.79 Å². The van der Waals surface area contributed by atoms with E-state index in [1.54, 1.807) is 7.11 Å². The van der Waals surface area contributed by atoms with Crippen LogP contribution in [0.3, 0.4) is 0 Å². The minimum Gasteiger partial charge on any atom is -0.496 e. The molecule has 104 valence electrons. The second-order valence-corrected chi connectivity index (χ2v) is 5.19. The van der Waals surface area contributed by atoms with Gasteiger partial charge in [0.15, 0.2) is 0 Å². The number of ether oxygens (including phenoxy) is 3. The topological polar surface area (TPSA) is 44.8 Å². The third-order valence-corrected chi connectivity index (χ3v) is 3.66. The third-order valence-electron chi connectivity index (χ3n) is 3.66. The first-order valence-corrected chi connectivity index (χ1v) is 6.33.